The van der Waals surface area contributed by atoms with Crippen molar-refractivity contribution < 1.29 is 4.79 Å². The lowest BCUT2D eigenvalue weighted by molar-refractivity contribution is -0.113. The number of nitrogens with one attached hydrogen (secondary N) is 1. The average Bonchev–Trinajstić information content (AvgIpc) is 3.08. The summed E-state index contributed by atoms with van der Waals surface area (Å²) in [6.07, 6.45) is 0. The summed E-state index contributed by atoms with van der Waals surface area (Å²) < 4.78 is 1.83. The monoisotopic (exact) mass is 393 g/mol. The van der Waals surface area contributed by atoms with Crippen LogP contribution in [-0.2, 0) is 11.8 Å². The fourth-order valence-corrected chi connectivity index (χ4v) is 3.89. The third-order valence-corrected chi connectivity index (χ3v) is 5.90. The summed E-state index contributed by atoms with van der Waals surface area (Å²) >= 11 is 9.00. The zero-order valence-corrected chi connectivity index (χ0v) is 16.3. The predicted octanol–water partition coefficient (Wildman–Crippen LogP) is 3.94. The smallest absolute Gasteiger partial charge is 0.236 e. The van der Waals surface area contributed by atoms with E-state index in [1.807, 2.05) is 49.7 Å². The van der Waals surface area contributed by atoms with Crippen LogP contribution < -0.4 is 5.32 Å². The molecule has 2 heterocycles. The maximum absolute atomic E-state index is 12.1. The number of hydrogen-bond acceptors (Lipinski definition) is 6. The van der Waals surface area contributed by atoms with Crippen molar-refractivity contribution >= 4 is 45.7 Å². The Bertz CT molecular complexity index is 902. The molecule has 0 unspecified atom stereocenters. The highest BCUT2D eigenvalue weighted by atomic mass is 35.5. The largest absolute Gasteiger partial charge is 0.305 e. The van der Waals surface area contributed by atoms with Gasteiger partial charge in [-0.05, 0) is 26.0 Å². The lowest BCUT2D eigenvalue weighted by atomic mass is 10.2. The van der Waals surface area contributed by atoms with Gasteiger partial charge in [0.1, 0.15) is 0 Å². The van der Waals surface area contributed by atoms with Crippen molar-refractivity contribution in [2.75, 3.05) is 11.1 Å². The molecule has 0 aliphatic carbocycles. The fraction of sp³-hybridized carbons (Fsp3) is 0.250. The van der Waals surface area contributed by atoms with Crippen LogP contribution in [0.4, 0.5) is 5.13 Å². The lowest BCUT2D eigenvalue weighted by Crippen LogP contribution is -2.14. The number of nitrogens with zero attached hydrogens (tertiary/aromatic N) is 4. The van der Waals surface area contributed by atoms with E-state index in [0.29, 0.717) is 21.1 Å². The van der Waals surface area contributed by atoms with Crippen molar-refractivity contribution in [1.29, 1.82) is 0 Å². The normalized spacial score (nSPS) is 10.9. The number of rotatable bonds is 5. The Kier molecular flexibility index (Phi) is 5.41. The van der Waals surface area contributed by atoms with Gasteiger partial charge in [-0.15, -0.1) is 21.5 Å². The maximum atomic E-state index is 12.1. The van der Waals surface area contributed by atoms with Crippen molar-refractivity contribution in [3.05, 3.63) is 39.9 Å². The molecule has 130 valence electrons. The molecule has 9 heteroatoms. The first kappa shape index (κ1) is 17.9. The molecule has 25 heavy (non-hydrogen) atoms. The van der Waals surface area contributed by atoms with Gasteiger partial charge in [-0.1, -0.05) is 35.5 Å². The van der Waals surface area contributed by atoms with Gasteiger partial charge in [0.05, 0.1) is 16.5 Å². The second-order valence-corrected chi connectivity index (χ2v) is 7.90. The van der Waals surface area contributed by atoms with Crippen molar-refractivity contribution in [3.63, 3.8) is 0 Å². The van der Waals surface area contributed by atoms with E-state index in [2.05, 4.69) is 20.5 Å². The molecule has 0 saturated carbocycles. The molecular weight excluding hydrogens is 378 g/mol. The molecule has 0 spiro atoms. The van der Waals surface area contributed by atoms with Crippen LogP contribution in [0.1, 0.15) is 10.6 Å². The molecular formula is C16H16ClN5OS2. The SMILES string of the molecule is Cc1nc(NC(=O)CSc2nnc(-c3ccccc3Cl)n2C)sc1C. The highest BCUT2D eigenvalue weighted by Gasteiger charge is 2.15. The van der Waals surface area contributed by atoms with Gasteiger partial charge >= 0.3 is 0 Å². The molecule has 0 bridgehead atoms. The quantitative estimate of drug-likeness (QED) is 0.664. The fourth-order valence-electron chi connectivity index (χ4n) is 2.13. The Balaban J connectivity index is 1.66. The summed E-state index contributed by atoms with van der Waals surface area (Å²) in [5.41, 5.74) is 1.75. The van der Waals surface area contributed by atoms with E-state index < -0.39 is 0 Å². The maximum Gasteiger partial charge on any atom is 0.236 e. The van der Waals surface area contributed by atoms with E-state index in [9.17, 15) is 4.79 Å². The first-order valence-electron chi connectivity index (χ1n) is 7.46. The van der Waals surface area contributed by atoms with E-state index in [1.54, 1.807) is 0 Å². The van der Waals surface area contributed by atoms with Crippen LogP contribution in [0.5, 0.6) is 0 Å². The first-order valence-corrected chi connectivity index (χ1v) is 9.64. The predicted molar refractivity (Wildman–Crippen MR) is 102 cm³/mol. The molecule has 1 amide bonds. The van der Waals surface area contributed by atoms with Crippen molar-refractivity contribution in [2.45, 2.75) is 19.0 Å². The van der Waals surface area contributed by atoms with Crippen LogP contribution in [0.2, 0.25) is 5.02 Å². The van der Waals surface area contributed by atoms with Gasteiger partial charge in [0, 0.05) is 17.5 Å². The number of aromatic nitrogens is 4. The molecule has 0 saturated heterocycles. The van der Waals surface area contributed by atoms with E-state index >= 15 is 0 Å². The topological polar surface area (TPSA) is 72.7 Å². The lowest BCUT2D eigenvalue weighted by Gasteiger charge is -2.05. The van der Waals surface area contributed by atoms with Gasteiger partial charge in [0.25, 0.3) is 0 Å². The van der Waals surface area contributed by atoms with Gasteiger partial charge in [-0.2, -0.15) is 0 Å². The van der Waals surface area contributed by atoms with Crippen LogP contribution in [0.15, 0.2) is 29.4 Å². The minimum absolute atomic E-state index is 0.124. The second-order valence-electron chi connectivity index (χ2n) is 5.34. The molecule has 0 radical (unpaired) electrons. The minimum atomic E-state index is -0.124. The molecule has 2 aromatic heterocycles. The van der Waals surface area contributed by atoms with Gasteiger partial charge in [0.15, 0.2) is 16.1 Å². The summed E-state index contributed by atoms with van der Waals surface area (Å²) in [5.74, 6) is 0.771. The standard InChI is InChI=1S/C16H16ClN5OS2/c1-9-10(2)25-15(18-9)19-13(23)8-24-16-21-20-14(22(16)3)11-6-4-5-7-12(11)17/h4-7H,8H2,1-3H3,(H,18,19,23). The number of aryl methyl sites for hydroxylation is 2. The third-order valence-electron chi connectivity index (χ3n) is 3.56. The highest BCUT2D eigenvalue weighted by Crippen LogP contribution is 2.28. The number of carbonyl (C=O) groups is 1. The summed E-state index contributed by atoms with van der Waals surface area (Å²) in [6, 6.07) is 7.46. The molecule has 3 rings (SSSR count). The van der Waals surface area contributed by atoms with Crippen LogP contribution in [0, 0.1) is 13.8 Å². The number of carbonyl (C=O) groups excluding carboxylic acids is 1. The second kappa shape index (κ2) is 7.55. The zero-order chi connectivity index (χ0) is 18.0. The van der Waals surface area contributed by atoms with Crippen molar-refractivity contribution in [2.24, 2.45) is 7.05 Å². The summed E-state index contributed by atoms with van der Waals surface area (Å²) in [4.78, 5) is 17.5. The van der Waals surface area contributed by atoms with E-state index in [0.717, 1.165) is 16.1 Å². The van der Waals surface area contributed by atoms with Crippen LogP contribution in [0.3, 0.4) is 0 Å². The first-order chi connectivity index (χ1) is 12.0. The number of thioether (sulfide) groups is 1. The van der Waals surface area contributed by atoms with Gasteiger partial charge < -0.3 is 9.88 Å². The van der Waals surface area contributed by atoms with Crippen LogP contribution in [-0.4, -0.2) is 31.4 Å². The highest BCUT2D eigenvalue weighted by molar-refractivity contribution is 7.99. The summed E-state index contributed by atoms with van der Waals surface area (Å²) in [7, 11) is 1.85. The summed E-state index contributed by atoms with van der Waals surface area (Å²) in [5, 5.41) is 13.0. The number of hydrogen-bond donors (Lipinski definition) is 1. The molecule has 0 aliphatic heterocycles. The average molecular weight is 394 g/mol. The molecule has 1 N–H and O–H groups in total. The van der Waals surface area contributed by atoms with E-state index in [1.165, 1.54) is 23.1 Å². The molecule has 1 aromatic carbocycles. The van der Waals surface area contributed by atoms with E-state index in [-0.39, 0.29) is 11.7 Å². The van der Waals surface area contributed by atoms with Gasteiger partial charge in [-0.25, -0.2) is 4.98 Å². The Morgan fingerprint density at radius 1 is 1.32 bits per heavy atom. The minimum Gasteiger partial charge on any atom is -0.305 e. The Morgan fingerprint density at radius 2 is 2.08 bits per heavy atom. The Hall–Kier alpha value is -1.90. The van der Waals surface area contributed by atoms with Gasteiger partial charge in [-0.3, -0.25) is 4.79 Å². The molecule has 6 nitrogen and oxygen atoms in total. The third kappa shape index (κ3) is 4.02. The number of benzene rings is 1. The van der Waals surface area contributed by atoms with Gasteiger partial charge in [0.2, 0.25) is 5.91 Å². The zero-order valence-electron chi connectivity index (χ0n) is 13.9. The Labute approximate surface area is 158 Å². The Morgan fingerprint density at radius 3 is 2.76 bits per heavy atom. The summed E-state index contributed by atoms with van der Waals surface area (Å²) in [6.45, 7) is 3.90. The number of halogens is 1. The molecule has 3 aromatic rings. The van der Waals surface area contributed by atoms with Crippen LogP contribution in [0.25, 0.3) is 11.4 Å². The molecule has 0 fully saturated rings. The van der Waals surface area contributed by atoms with Crippen molar-refractivity contribution in [3.8, 4) is 11.4 Å². The molecule has 0 aliphatic rings. The van der Waals surface area contributed by atoms with Crippen LogP contribution >= 0.6 is 34.7 Å². The number of amides is 1. The number of anilines is 1. The number of thiazole rings is 1. The molecule has 0 atom stereocenters. The van der Waals surface area contributed by atoms with Crippen molar-refractivity contribution in [1.82, 2.24) is 19.7 Å². The van der Waals surface area contributed by atoms with E-state index in [4.69, 9.17) is 11.6 Å².